The zero-order valence-corrected chi connectivity index (χ0v) is 13.1. The van der Waals surface area contributed by atoms with Gasteiger partial charge in [0.15, 0.2) is 0 Å². The Morgan fingerprint density at radius 3 is 2.65 bits per heavy atom. The molecule has 0 radical (unpaired) electrons. The van der Waals surface area contributed by atoms with Gasteiger partial charge in [-0.15, -0.1) is 0 Å². The summed E-state index contributed by atoms with van der Waals surface area (Å²) >= 11 is 3.53. The highest BCUT2D eigenvalue weighted by Crippen LogP contribution is 2.33. The van der Waals surface area contributed by atoms with Crippen LogP contribution >= 0.6 is 15.9 Å². The molecule has 0 aliphatic carbocycles. The standard InChI is InChI=1S/C16H18BrNO2/c1-3-14(12-6-4-5-7-16(12)19)18-15-10-11(20-2)8-9-13(15)17/h4-10,14,18-19H,3H2,1-2H3. The molecule has 0 spiro atoms. The van der Waals surface area contributed by atoms with Gasteiger partial charge in [0.05, 0.1) is 18.8 Å². The second-order valence-electron chi connectivity index (χ2n) is 4.51. The van der Waals surface area contributed by atoms with Gasteiger partial charge in [0.25, 0.3) is 0 Å². The number of para-hydroxylation sites is 1. The Balaban J connectivity index is 2.29. The first kappa shape index (κ1) is 14.7. The van der Waals surface area contributed by atoms with Gasteiger partial charge >= 0.3 is 0 Å². The molecule has 0 bridgehead atoms. The zero-order valence-electron chi connectivity index (χ0n) is 11.6. The van der Waals surface area contributed by atoms with E-state index >= 15 is 0 Å². The average Bonchev–Trinajstić information content (AvgIpc) is 2.47. The number of halogens is 1. The summed E-state index contributed by atoms with van der Waals surface area (Å²) in [7, 11) is 1.65. The molecule has 1 unspecified atom stereocenters. The quantitative estimate of drug-likeness (QED) is 0.830. The summed E-state index contributed by atoms with van der Waals surface area (Å²) in [4.78, 5) is 0. The van der Waals surface area contributed by atoms with E-state index in [-0.39, 0.29) is 6.04 Å². The van der Waals surface area contributed by atoms with Gasteiger partial charge < -0.3 is 15.2 Å². The fourth-order valence-electron chi connectivity index (χ4n) is 2.11. The van der Waals surface area contributed by atoms with Crippen LogP contribution in [0.4, 0.5) is 5.69 Å². The number of ether oxygens (including phenoxy) is 1. The number of hydrogen-bond donors (Lipinski definition) is 2. The topological polar surface area (TPSA) is 41.5 Å². The van der Waals surface area contributed by atoms with Crippen molar-refractivity contribution in [2.24, 2.45) is 0 Å². The van der Waals surface area contributed by atoms with Crippen molar-refractivity contribution in [3.63, 3.8) is 0 Å². The summed E-state index contributed by atoms with van der Waals surface area (Å²) in [6, 6.07) is 13.2. The van der Waals surface area contributed by atoms with Crippen LogP contribution in [0.5, 0.6) is 11.5 Å². The lowest BCUT2D eigenvalue weighted by Crippen LogP contribution is -2.10. The first-order valence-electron chi connectivity index (χ1n) is 6.53. The summed E-state index contributed by atoms with van der Waals surface area (Å²) < 4.78 is 6.21. The second kappa shape index (κ2) is 6.66. The minimum atomic E-state index is 0.0413. The van der Waals surface area contributed by atoms with Crippen LogP contribution in [0.25, 0.3) is 0 Å². The molecule has 0 aromatic heterocycles. The fraction of sp³-hybridized carbons (Fsp3) is 0.250. The van der Waals surface area contributed by atoms with Crippen molar-refractivity contribution in [1.82, 2.24) is 0 Å². The van der Waals surface area contributed by atoms with Crippen molar-refractivity contribution in [1.29, 1.82) is 0 Å². The van der Waals surface area contributed by atoms with Gasteiger partial charge in [0, 0.05) is 16.1 Å². The molecular weight excluding hydrogens is 318 g/mol. The fourth-order valence-corrected chi connectivity index (χ4v) is 2.47. The normalized spacial score (nSPS) is 11.9. The minimum absolute atomic E-state index is 0.0413. The summed E-state index contributed by atoms with van der Waals surface area (Å²) in [5.74, 6) is 1.11. The number of anilines is 1. The molecule has 0 saturated heterocycles. The maximum Gasteiger partial charge on any atom is 0.121 e. The second-order valence-corrected chi connectivity index (χ2v) is 5.36. The van der Waals surface area contributed by atoms with Crippen molar-refractivity contribution in [3.8, 4) is 11.5 Å². The van der Waals surface area contributed by atoms with Crippen LogP contribution in [-0.2, 0) is 0 Å². The molecular formula is C16H18BrNO2. The Bertz CT molecular complexity index is 586. The smallest absolute Gasteiger partial charge is 0.121 e. The van der Waals surface area contributed by atoms with E-state index in [0.717, 1.165) is 27.9 Å². The lowest BCUT2D eigenvalue weighted by molar-refractivity contribution is 0.415. The number of phenolic OH excluding ortho intramolecular Hbond substituents is 1. The molecule has 3 nitrogen and oxygen atoms in total. The molecule has 2 aromatic rings. The van der Waals surface area contributed by atoms with E-state index in [2.05, 4.69) is 28.2 Å². The summed E-state index contributed by atoms with van der Waals surface area (Å²) in [5.41, 5.74) is 1.84. The molecule has 2 rings (SSSR count). The highest BCUT2D eigenvalue weighted by molar-refractivity contribution is 9.10. The van der Waals surface area contributed by atoms with E-state index in [1.165, 1.54) is 0 Å². The van der Waals surface area contributed by atoms with Gasteiger partial charge in [-0.3, -0.25) is 0 Å². The van der Waals surface area contributed by atoms with Crippen LogP contribution in [0.1, 0.15) is 24.9 Å². The Hall–Kier alpha value is -1.68. The van der Waals surface area contributed by atoms with Crippen molar-refractivity contribution in [2.75, 3.05) is 12.4 Å². The number of methoxy groups -OCH3 is 1. The van der Waals surface area contributed by atoms with Gasteiger partial charge in [0.2, 0.25) is 0 Å². The summed E-state index contributed by atoms with van der Waals surface area (Å²) in [6.45, 7) is 2.08. The highest BCUT2D eigenvalue weighted by Gasteiger charge is 2.14. The molecule has 1 atom stereocenters. The van der Waals surface area contributed by atoms with Crippen LogP contribution in [-0.4, -0.2) is 12.2 Å². The molecule has 0 amide bonds. The van der Waals surface area contributed by atoms with E-state index in [1.54, 1.807) is 13.2 Å². The van der Waals surface area contributed by atoms with E-state index in [9.17, 15) is 5.11 Å². The molecule has 4 heteroatoms. The molecule has 20 heavy (non-hydrogen) atoms. The summed E-state index contributed by atoms with van der Waals surface area (Å²) in [5, 5.41) is 13.4. The molecule has 0 fully saturated rings. The van der Waals surface area contributed by atoms with Gasteiger partial charge in [-0.05, 0) is 40.5 Å². The predicted octanol–water partition coefficient (Wildman–Crippen LogP) is 4.73. The van der Waals surface area contributed by atoms with Gasteiger partial charge in [-0.25, -0.2) is 0 Å². The van der Waals surface area contributed by atoms with E-state index in [4.69, 9.17) is 4.74 Å². The van der Waals surface area contributed by atoms with Crippen molar-refractivity contribution >= 4 is 21.6 Å². The van der Waals surface area contributed by atoms with Crippen LogP contribution in [0.15, 0.2) is 46.9 Å². The Morgan fingerprint density at radius 2 is 2.00 bits per heavy atom. The minimum Gasteiger partial charge on any atom is -0.508 e. The van der Waals surface area contributed by atoms with E-state index < -0.39 is 0 Å². The first-order valence-corrected chi connectivity index (χ1v) is 7.33. The molecule has 0 saturated carbocycles. The molecule has 0 aliphatic rings. The van der Waals surface area contributed by atoms with Crippen LogP contribution in [0.3, 0.4) is 0 Å². The number of nitrogens with one attached hydrogen (secondary N) is 1. The SMILES string of the molecule is CCC(Nc1cc(OC)ccc1Br)c1ccccc1O. The average molecular weight is 336 g/mol. The molecule has 0 heterocycles. The number of aromatic hydroxyl groups is 1. The van der Waals surface area contributed by atoms with Crippen LogP contribution in [0, 0.1) is 0 Å². The van der Waals surface area contributed by atoms with Crippen molar-refractivity contribution < 1.29 is 9.84 Å². The zero-order chi connectivity index (χ0) is 14.5. The van der Waals surface area contributed by atoms with Crippen molar-refractivity contribution in [3.05, 3.63) is 52.5 Å². The van der Waals surface area contributed by atoms with Crippen LogP contribution in [0.2, 0.25) is 0 Å². The molecule has 0 aliphatic heterocycles. The van der Waals surface area contributed by atoms with Gasteiger partial charge in [-0.2, -0.15) is 0 Å². The number of rotatable bonds is 5. The largest absolute Gasteiger partial charge is 0.508 e. The molecule has 2 N–H and O–H groups in total. The van der Waals surface area contributed by atoms with Crippen LogP contribution < -0.4 is 10.1 Å². The molecule has 2 aromatic carbocycles. The lowest BCUT2D eigenvalue weighted by Gasteiger charge is -2.21. The Kier molecular flexibility index (Phi) is 4.90. The number of phenols is 1. The maximum atomic E-state index is 9.98. The summed E-state index contributed by atoms with van der Waals surface area (Å²) in [6.07, 6.45) is 0.862. The lowest BCUT2D eigenvalue weighted by atomic mass is 10.0. The van der Waals surface area contributed by atoms with Crippen molar-refractivity contribution in [2.45, 2.75) is 19.4 Å². The Labute approximate surface area is 127 Å². The third-order valence-electron chi connectivity index (χ3n) is 3.22. The monoisotopic (exact) mass is 335 g/mol. The Morgan fingerprint density at radius 1 is 1.25 bits per heavy atom. The van der Waals surface area contributed by atoms with Gasteiger partial charge in [0.1, 0.15) is 11.5 Å². The maximum absolute atomic E-state index is 9.98. The third kappa shape index (κ3) is 3.25. The van der Waals surface area contributed by atoms with E-state index in [1.807, 2.05) is 36.4 Å². The number of hydrogen-bond acceptors (Lipinski definition) is 3. The first-order chi connectivity index (χ1) is 9.65. The highest BCUT2D eigenvalue weighted by atomic mass is 79.9. The van der Waals surface area contributed by atoms with E-state index in [0.29, 0.717) is 5.75 Å². The predicted molar refractivity (Wildman–Crippen MR) is 85.5 cm³/mol. The molecule has 106 valence electrons. The third-order valence-corrected chi connectivity index (χ3v) is 3.92. The number of benzene rings is 2. The van der Waals surface area contributed by atoms with Gasteiger partial charge in [-0.1, -0.05) is 25.1 Å².